The molecule has 37 heavy (non-hydrogen) atoms. The number of rotatable bonds is 7. The standard InChI is InChI=1S/C29H27BrN2O5/c1-5-36-25-15-21(14-24(30)26(25)37-16-20-8-6-7-17(2)11-20)13-23-27(33)31-29(35)32(28(23)34)22-10-9-18(3)19(4)12-22/h6-15H,5,16H2,1-4H3,(H,31,33,35)/b23-13+. The summed E-state index contributed by atoms with van der Waals surface area (Å²) in [5, 5.41) is 2.26. The molecule has 1 saturated heterocycles. The van der Waals surface area contributed by atoms with E-state index < -0.39 is 17.8 Å². The van der Waals surface area contributed by atoms with Gasteiger partial charge in [0, 0.05) is 0 Å². The Morgan fingerprint density at radius 2 is 1.73 bits per heavy atom. The topological polar surface area (TPSA) is 84.9 Å². The Bertz CT molecular complexity index is 1430. The first-order valence-corrected chi connectivity index (χ1v) is 12.6. The van der Waals surface area contributed by atoms with Gasteiger partial charge in [0.1, 0.15) is 12.2 Å². The molecule has 1 heterocycles. The van der Waals surface area contributed by atoms with Crippen LogP contribution in [0.15, 0.2) is 64.6 Å². The van der Waals surface area contributed by atoms with Crippen LogP contribution < -0.4 is 19.7 Å². The van der Waals surface area contributed by atoms with E-state index in [0.29, 0.717) is 40.4 Å². The zero-order valence-electron chi connectivity index (χ0n) is 21.1. The number of hydrogen-bond acceptors (Lipinski definition) is 5. The molecule has 0 atom stereocenters. The second-order valence-corrected chi connectivity index (χ2v) is 9.62. The number of amides is 4. The van der Waals surface area contributed by atoms with E-state index in [0.717, 1.165) is 27.2 Å². The fourth-order valence-electron chi connectivity index (χ4n) is 3.96. The summed E-state index contributed by atoms with van der Waals surface area (Å²) in [5.41, 5.74) is 4.86. The molecule has 4 amide bonds. The Morgan fingerprint density at radius 1 is 0.946 bits per heavy atom. The number of hydrogen-bond donors (Lipinski definition) is 1. The van der Waals surface area contributed by atoms with Crippen LogP contribution in [0.5, 0.6) is 11.5 Å². The van der Waals surface area contributed by atoms with E-state index in [-0.39, 0.29) is 5.57 Å². The van der Waals surface area contributed by atoms with Gasteiger partial charge in [-0.15, -0.1) is 0 Å². The van der Waals surface area contributed by atoms with E-state index in [1.54, 1.807) is 24.3 Å². The van der Waals surface area contributed by atoms with Gasteiger partial charge < -0.3 is 9.47 Å². The Morgan fingerprint density at radius 3 is 2.43 bits per heavy atom. The Balaban J connectivity index is 1.67. The lowest BCUT2D eigenvalue weighted by atomic mass is 10.0. The van der Waals surface area contributed by atoms with Crippen molar-refractivity contribution < 1.29 is 23.9 Å². The molecule has 0 unspecified atom stereocenters. The van der Waals surface area contributed by atoms with Gasteiger partial charge in [0.05, 0.1) is 16.8 Å². The van der Waals surface area contributed by atoms with Gasteiger partial charge in [-0.25, -0.2) is 9.69 Å². The number of imide groups is 2. The predicted molar refractivity (Wildman–Crippen MR) is 146 cm³/mol. The van der Waals surface area contributed by atoms with Crippen molar-refractivity contribution in [1.82, 2.24) is 5.32 Å². The highest BCUT2D eigenvalue weighted by Crippen LogP contribution is 2.38. The van der Waals surface area contributed by atoms with Gasteiger partial charge >= 0.3 is 6.03 Å². The van der Waals surface area contributed by atoms with Gasteiger partial charge in [-0.05, 0) is 96.2 Å². The first kappa shape index (κ1) is 26.2. The summed E-state index contributed by atoms with van der Waals surface area (Å²) in [6.07, 6.45) is 1.44. The summed E-state index contributed by atoms with van der Waals surface area (Å²) in [5.74, 6) is -0.492. The molecule has 4 rings (SSSR count). The van der Waals surface area contributed by atoms with Crippen molar-refractivity contribution in [3.05, 3.63) is 92.5 Å². The van der Waals surface area contributed by atoms with E-state index in [1.165, 1.54) is 6.08 Å². The fraction of sp³-hybridized carbons (Fsp3) is 0.207. The SMILES string of the molecule is CCOc1cc(/C=C2\C(=O)NC(=O)N(c3ccc(C)c(C)c3)C2=O)cc(Br)c1OCc1cccc(C)c1. The molecule has 0 bridgehead atoms. The minimum absolute atomic E-state index is 0.166. The molecule has 0 aliphatic carbocycles. The quantitative estimate of drug-likeness (QED) is 0.281. The largest absolute Gasteiger partial charge is 0.490 e. The first-order chi connectivity index (χ1) is 17.7. The molecule has 3 aromatic carbocycles. The van der Waals surface area contributed by atoms with Crippen LogP contribution in [-0.4, -0.2) is 24.5 Å². The van der Waals surface area contributed by atoms with E-state index >= 15 is 0 Å². The normalized spacial score (nSPS) is 14.7. The van der Waals surface area contributed by atoms with E-state index in [1.807, 2.05) is 58.0 Å². The van der Waals surface area contributed by atoms with Gasteiger partial charge in [-0.2, -0.15) is 0 Å². The highest BCUT2D eigenvalue weighted by atomic mass is 79.9. The molecular formula is C29H27BrN2O5. The second kappa shape index (κ2) is 11.0. The number of carbonyl (C=O) groups is 3. The number of urea groups is 1. The lowest BCUT2D eigenvalue weighted by molar-refractivity contribution is -0.122. The average molecular weight is 563 g/mol. The van der Waals surface area contributed by atoms with Crippen molar-refractivity contribution in [3.8, 4) is 11.5 Å². The maximum absolute atomic E-state index is 13.3. The number of ether oxygens (including phenoxy) is 2. The molecule has 1 aliphatic heterocycles. The van der Waals surface area contributed by atoms with Crippen molar-refractivity contribution in [2.45, 2.75) is 34.3 Å². The van der Waals surface area contributed by atoms with Crippen LogP contribution in [0.4, 0.5) is 10.5 Å². The minimum atomic E-state index is -0.786. The molecule has 190 valence electrons. The third-order valence-electron chi connectivity index (χ3n) is 5.96. The van der Waals surface area contributed by atoms with E-state index in [4.69, 9.17) is 9.47 Å². The molecule has 7 nitrogen and oxygen atoms in total. The molecule has 1 N–H and O–H groups in total. The van der Waals surface area contributed by atoms with E-state index in [2.05, 4.69) is 21.2 Å². The van der Waals surface area contributed by atoms with Crippen LogP contribution in [0.2, 0.25) is 0 Å². The number of carbonyl (C=O) groups excluding carboxylic acids is 3. The number of nitrogens with zero attached hydrogens (tertiary/aromatic N) is 1. The highest BCUT2D eigenvalue weighted by Gasteiger charge is 2.37. The smallest absolute Gasteiger partial charge is 0.335 e. The minimum Gasteiger partial charge on any atom is -0.490 e. The summed E-state index contributed by atoms with van der Waals surface area (Å²) in [6.45, 7) is 8.44. The number of nitrogens with one attached hydrogen (secondary N) is 1. The third kappa shape index (κ3) is 5.75. The Labute approximate surface area is 224 Å². The van der Waals surface area contributed by atoms with Crippen molar-refractivity contribution in [1.29, 1.82) is 0 Å². The number of anilines is 1. The zero-order valence-corrected chi connectivity index (χ0v) is 22.6. The van der Waals surface area contributed by atoms with Crippen molar-refractivity contribution in [3.63, 3.8) is 0 Å². The molecule has 0 spiro atoms. The highest BCUT2D eigenvalue weighted by molar-refractivity contribution is 9.10. The summed E-state index contributed by atoms with van der Waals surface area (Å²) < 4.78 is 12.5. The first-order valence-electron chi connectivity index (χ1n) is 11.8. The Hall–Kier alpha value is -3.91. The molecule has 1 aliphatic rings. The van der Waals surface area contributed by atoms with E-state index in [9.17, 15) is 14.4 Å². The van der Waals surface area contributed by atoms with Crippen molar-refractivity contribution >= 4 is 45.5 Å². The molecule has 0 aromatic heterocycles. The maximum Gasteiger partial charge on any atom is 0.335 e. The van der Waals surface area contributed by atoms with Gasteiger partial charge in [-0.1, -0.05) is 35.9 Å². The lowest BCUT2D eigenvalue weighted by Gasteiger charge is -2.27. The summed E-state index contributed by atoms with van der Waals surface area (Å²) >= 11 is 3.54. The zero-order chi connectivity index (χ0) is 26.7. The average Bonchev–Trinajstić information content (AvgIpc) is 2.83. The van der Waals surface area contributed by atoms with Gasteiger partial charge in [0.2, 0.25) is 0 Å². The van der Waals surface area contributed by atoms with Gasteiger partial charge in [0.25, 0.3) is 11.8 Å². The van der Waals surface area contributed by atoms with Gasteiger partial charge in [-0.3, -0.25) is 14.9 Å². The molecule has 3 aromatic rings. The summed E-state index contributed by atoms with van der Waals surface area (Å²) in [6, 6.07) is 15.9. The second-order valence-electron chi connectivity index (χ2n) is 8.77. The predicted octanol–water partition coefficient (Wildman–Crippen LogP) is 6.02. The Kier molecular flexibility index (Phi) is 7.78. The van der Waals surface area contributed by atoms with Crippen molar-refractivity contribution in [2.75, 3.05) is 11.5 Å². The fourth-order valence-corrected chi connectivity index (χ4v) is 4.53. The summed E-state index contributed by atoms with van der Waals surface area (Å²) in [7, 11) is 0. The van der Waals surface area contributed by atoms with Gasteiger partial charge in [0.15, 0.2) is 11.5 Å². The maximum atomic E-state index is 13.3. The number of benzene rings is 3. The number of barbiturate groups is 1. The van der Waals surface area contributed by atoms with Crippen LogP contribution in [0, 0.1) is 20.8 Å². The van der Waals surface area contributed by atoms with Crippen molar-refractivity contribution in [2.24, 2.45) is 0 Å². The number of halogens is 1. The summed E-state index contributed by atoms with van der Waals surface area (Å²) in [4.78, 5) is 39.5. The van der Waals surface area contributed by atoms with Crippen LogP contribution in [0.3, 0.4) is 0 Å². The monoisotopic (exact) mass is 562 g/mol. The lowest BCUT2D eigenvalue weighted by Crippen LogP contribution is -2.54. The van der Waals surface area contributed by atoms with Crippen LogP contribution in [0.1, 0.15) is 34.7 Å². The third-order valence-corrected chi connectivity index (χ3v) is 6.55. The molecule has 0 radical (unpaired) electrons. The number of aryl methyl sites for hydroxylation is 3. The molecule has 0 saturated carbocycles. The van der Waals surface area contributed by atoms with Crippen LogP contribution in [0.25, 0.3) is 6.08 Å². The van der Waals surface area contributed by atoms with Crippen LogP contribution >= 0.6 is 15.9 Å². The molecular weight excluding hydrogens is 536 g/mol. The molecule has 1 fully saturated rings. The van der Waals surface area contributed by atoms with Crippen LogP contribution in [-0.2, 0) is 16.2 Å². The molecule has 8 heteroatoms.